The van der Waals surface area contributed by atoms with E-state index in [-0.39, 0.29) is 0 Å². The Hall–Kier alpha value is -3.42. The molecule has 0 heterocycles. The highest BCUT2D eigenvalue weighted by atomic mass is 16.2. The minimum absolute atomic E-state index is 1.00. The second-order valence-electron chi connectivity index (χ2n) is 6.21. The topological polar surface area (TPSA) is 20.2 Å². The molecule has 0 amide bonds. The molecule has 0 unspecified atom stereocenters. The van der Waals surface area contributed by atoms with Gasteiger partial charge >= 0.3 is 0 Å². The van der Waals surface area contributed by atoms with Gasteiger partial charge in [0, 0.05) is 7.11 Å². The van der Waals surface area contributed by atoms with Crippen molar-refractivity contribution < 1.29 is 5.11 Å². The minimum Gasteiger partial charge on any atom is -0.400 e. The maximum absolute atomic E-state index is 7.00. The third-order valence-corrected chi connectivity index (χ3v) is 4.50. The Morgan fingerprint density at radius 3 is 0.714 bits per heavy atom. The summed E-state index contributed by atoms with van der Waals surface area (Å²) in [6.45, 7) is 0. The van der Waals surface area contributed by atoms with Crippen LogP contribution in [0.4, 0.5) is 0 Å². The van der Waals surface area contributed by atoms with Gasteiger partial charge in [-0.05, 0) is 33.4 Å². The SMILES string of the molecule is CO.c1ccc(C(=C(c2ccccc2)c2ccccc2)c2ccccc2)cc1. The molecule has 1 heteroatoms. The van der Waals surface area contributed by atoms with Crippen LogP contribution in [0.5, 0.6) is 0 Å². The van der Waals surface area contributed by atoms with Crippen LogP contribution in [-0.2, 0) is 0 Å². The largest absolute Gasteiger partial charge is 0.400 e. The molecule has 4 aromatic rings. The summed E-state index contributed by atoms with van der Waals surface area (Å²) < 4.78 is 0. The van der Waals surface area contributed by atoms with Crippen molar-refractivity contribution in [2.75, 3.05) is 7.11 Å². The molecule has 0 aliphatic heterocycles. The first-order valence-electron chi connectivity index (χ1n) is 9.34. The predicted octanol–water partition coefficient (Wildman–Crippen LogP) is 6.30. The van der Waals surface area contributed by atoms with Crippen molar-refractivity contribution in [2.24, 2.45) is 0 Å². The van der Waals surface area contributed by atoms with Crippen molar-refractivity contribution >= 4 is 11.1 Å². The normalized spacial score (nSPS) is 9.79. The van der Waals surface area contributed by atoms with E-state index in [1.165, 1.54) is 33.4 Å². The Morgan fingerprint density at radius 1 is 0.357 bits per heavy atom. The molecular weight excluding hydrogens is 340 g/mol. The fourth-order valence-corrected chi connectivity index (χ4v) is 3.33. The van der Waals surface area contributed by atoms with Crippen molar-refractivity contribution in [3.63, 3.8) is 0 Å². The average molecular weight is 364 g/mol. The van der Waals surface area contributed by atoms with Crippen LogP contribution in [0, 0.1) is 0 Å². The van der Waals surface area contributed by atoms with Crippen molar-refractivity contribution in [1.82, 2.24) is 0 Å². The molecule has 0 saturated heterocycles. The lowest BCUT2D eigenvalue weighted by molar-refractivity contribution is 0.399. The van der Waals surface area contributed by atoms with Crippen molar-refractivity contribution in [3.8, 4) is 0 Å². The second kappa shape index (κ2) is 10.1. The Balaban J connectivity index is 0.00000109. The number of benzene rings is 4. The molecular formula is C27H24O. The zero-order valence-corrected chi connectivity index (χ0v) is 16.0. The van der Waals surface area contributed by atoms with E-state index in [0.717, 1.165) is 7.11 Å². The molecule has 0 saturated carbocycles. The van der Waals surface area contributed by atoms with E-state index in [9.17, 15) is 0 Å². The number of hydrogen-bond donors (Lipinski definition) is 1. The predicted molar refractivity (Wildman–Crippen MR) is 119 cm³/mol. The number of hydrogen-bond acceptors (Lipinski definition) is 1. The fourth-order valence-electron chi connectivity index (χ4n) is 3.33. The smallest absolute Gasteiger partial charge is 0.0319 e. The van der Waals surface area contributed by atoms with E-state index in [2.05, 4.69) is 121 Å². The van der Waals surface area contributed by atoms with Gasteiger partial charge in [-0.1, -0.05) is 121 Å². The lowest BCUT2D eigenvalue weighted by atomic mass is 9.86. The van der Waals surface area contributed by atoms with Gasteiger partial charge in [0.05, 0.1) is 0 Å². The van der Waals surface area contributed by atoms with Crippen molar-refractivity contribution in [3.05, 3.63) is 144 Å². The third kappa shape index (κ3) is 4.46. The van der Waals surface area contributed by atoms with Crippen LogP contribution in [0.2, 0.25) is 0 Å². The fraction of sp³-hybridized carbons (Fsp3) is 0.0370. The van der Waals surface area contributed by atoms with Gasteiger partial charge in [0.15, 0.2) is 0 Å². The number of aliphatic hydroxyl groups excluding tert-OH is 1. The Kier molecular flexibility index (Phi) is 6.95. The highest BCUT2D eigenvalue weighted by molar-refractivity contribution is 6.04. The molecule has 0 radical (unpaired) electrons. The maximum Gasteiger partial charge on any atom is 0.0319 e. The van der Waals surface area contributed by atoms with Crippen LogP contribution < -0.4 is 0 Å². The summed E-state index contributed by atoms with van der Waals surface area (Å²) in [4.78, 5) is 0. The van der Waals surface area contributed by atoms with E-state index in [1.807, 2.05) is 0 Å². The van der Waals surface area contributed by atoms with E-state index in [4.69, 9.17) is 5.11 Å². The van der Waals surface area contributed by atoms with Crippen LogP contribution in [-0.4, -0.2) is 12.2 Å². The average Bonchev–Trinajstić information content (AvgIpc) is 2.81. The maximum atomic E-state index is 7.00. The lowest BCUT2D eigenvalue weighted by Gasteiger charge is -2.18. The zero-order chi connectivity index (χ0) is 19.6. The Morgan fingerprint density at radius 2 is 0.536 bits per heavy atom. The van der Waals surface area contributed by atoms with Gasteiger partial charge in [0.1, 0.15) is 0 Å². The van der Waals surface area contributed by atoms with Crippen LogP contribution in [0.25, 0.3) is 11.1 Å². The molecule has 28 heavy (non-hydrogen) atoms. The molecule has 4 aromatic carbocycles. The summed E-state index contributed by atoms with van der Waals surface area (Å²) in [6, 6.07) is 42.6. The van der Waals surface area contributed by atoms with Gasteiger partial charge < -0.3 is 5.11 Å². The van der Waals surface area contributed by atoms with Crippen LogP contribution in [0.3, 0.4) is 0 Å². The molecule has 1 nitrogen and oxygen atoms in total. The summed E-state index contributed by atoms with van der Waals surface area (Å²) in [5.41, 5.74) is 7.40. The van der Waals surface area contributed by atoms with Crippen LogP contribution in [0.1, 0.15) is 22.3 Å². The van der Waals surface area contributed by atoms with E-state index >= 15 is 0 Å². The molecule has 4 rings (SSSR count). The summed E-state index contributed by atoms with van der Waals surface area (Å²) in [5.74, 6) is 0. The van der Waals surface area contributed by atoms with Gasteiger partial charge in [-0.3, -0.25) is 0 Å². The zero-order valence-electron chi connectivity index (χ0n) is 16.0. The highest BCUT2D eigenvalue weighted by Gasteiger charge is 2.15. The first-order valence-corrected chi connectivity index (χ1v) is 9.34. The molecule has 1 N–H and O–H groups in total. The summed E-state index contributed by atoms with van der Waals surface area (Å²) in [5, 5.41) is 7.00. The number of rotatable bonds is 4. The van der Waals surface area contributed by atoms with Gasteiger partial charge in [0.2, 0.25) is 0 Å². The first-order chi connectivity index (χ1) is 13.9. The lowest BCUT2D eigenvalue weighted by Crippen LogP contribution is -1.97. The number of aliphatic hydroxyl groups is 1. The summed E-state index contributed by atoms with van der Waals surface area (Å²) in [6.07, 6.45) is 0. The molecule has 0 aliphatic carbocycles. The van der Waals surface area contributed by atoms with Crippen LogP contribution in [0.15, 0.2) is 121 Å². The first kappa shape index (κ1) is 19.3. The Labute approximate surface area is 167 Å². The molecule has 0 aromatic heterocycles. The second-order valence-corrected chi connectivity index (χ2v) is 6.21. The van der Waals surface area contributed by atoms with Gasteiger partial charge in [-0.15, -0.1) is 0 Å². The minimum atomic E-state index is 1.00. The highest BCUT2D eigenvalue weighted by Crippen LogP contribution is 2.36. The standard InChI is InChI=1S/C26H20.CH4O/c1-5-13-21(14-6-1)25(22-15-7-2-8-16-22)26(23-17-9-3-10-18-23)24-19-11-4-12-20-24;1-2/h1-20H;2H,1H3. The Bertz CT molecular complexity index is 821. The van der Waals surface area contributed by atoms with Crippen molar-refractivity contribution in [1.29, 1.82) is 0 Å². The van der Waals surface area contributed by atoms with E-state index < -0.39 is 0 Å². The molecule has 0 atom stereocenters. The molecule has 138 valence electrons. The van der Waals surface area contributed by atoms with Gasteiger partial charge in [-0.25, -0.2) is 0 Å². The quantitative estimate of drug-likeness (QED) is 0.421. The third-order valence-electron chi connectivity index (χ3n) is 4.50. The van der Waals surface area contributed by atoms with Crippen LogP contribution >= 0.6 is 0 Å². The van der Waals surface area contributed by atoms with E-state index in [0.29, 0.717) is 0 Å². The molecule has 0 bridgehead atoms. The van der Waals surface area contributed by atoms with Gasteiger partial charge in [-0.2, -0.15) is 0 Å². The van der Waals surface area contributed by atoms with E-state index in [1.54, 1.807) is 0 Å². The van der Waals surface area contributed by atoms with Crippen molar-refractivity contribution in [2.45, 2.75) is 0 Å². The summed E-state index contributed by atoms with van der Waals surface area (Å²) in [7, 11) is 1.00. The molecule has 0 spiro atoms. The summed E-state index contributed by atoms with van der Waals surface area (Å²) >= 11 is 0. The monoisotopic (exact) mass is 364 g/mol. The molecule has 0 fully saturated rings. The van der Waals surface area contributed by atoms with Gasteiger partial charge in [0.25, 0.3) is 0 Å². The molecule has 0 aliphatic rings.